The Hall–Kier alpha value is -3.68. The van der Waals surface area contributed by atoms with Gasteiger partial charge in [-0.05, 0) is 38.5 Å². The molecule has 156 valence electrons. The number of carbonyl (C=O) groups is 4. The minimum absolute atomic E-state index is 0.189. The molecule has 2 aromatic carbocycles. The minimum Gasteiger partial charge on any atom is -0.462 e. The maximum atomic E-state index is 13.0. The van der Waals surface area contributed by atoms with Crippen molar-refractivity contribution in [2.45, 2.75) is 26.3 Å². The second-order valence-corrected chi connectivity index (χ2v) is 7.13. The van der Waals surface area contributed by atoms with Crippen LogP contribution in [-0.2, 0) is 19.9 Å². The summed E-state index contributed by atoms with van der Waals surface area (Å²) in [7, 11) is 0. The number of hydrogen-bond donors (Lipinski definition) is 2. The van der Waals surface area contributed by atoms with Crippen molar-refractivity contribution in [1.82, 2.24) is 10.2 Å². The summed E-state index contributed by atoms with van der Waals surface area (Å²) >= 11 is 0. The van der Waals surface area contributed by atoms with E-state index in [1.807, 2.05) is 19.1 Å². The van der Waals surface area contributed by atoms with Crippen LogP contribution in [0, 0.1) is 6.92 Å². The van der Waals surface area contributed by atoms with Gasteiger partial charge in [-0.1, -0.05) is 42.0 Å². The molecule has 3 rings (SSSR count). The summed E-state index contributed by atoms with van der Waals surface area (Å²) in [5, 5.41) is 5.24. The van der Waals surface area contributed by atoms with Gasteiger partial charge >= 0.3 is 12.0 Å². The van der Waals surface area contributed by atoms with Crippen LogP contribution in [0.1, 0.15) is 35.3 Å². The number of ether oxygens (including phenoxy) is 1. The van der Waals surface area contributed by atoms with Crippen LogP contribution in [0.3, 0.4) is 0 Å². The molecule has 8 nitrogen and oxygen atoms in total. The lowest BCUT2D eigenvalue weighted by molar-refractivity contribution is -0.133. The van der Waals surface area contributed by atoms with E-state index < -0.39 is 35.9 Å². The maximum absolute atomic E-state index is 13.0. The fourth-order valence-electron chi connectivity index (χ4n) is 3.24. The molecular formula is C22H23N3O5. The fourth-order valence-corrected chi connectivity index (χ4v) is 3.24. The SMILES string of the molecule is CCOC(=O)c1ccccc1NC(=O)CN1C(=O)N[C@@](C)(c2ccc(C)cc2)C1=O. The second kappa shape index (κ2) is 8.36. The van der Waals surface area contributed by atoms with E-state index in [0.29, 0.717) is 5.56 Å². The summed E-state index contributed by atoms with van der Waals surface area (Å²) < 4.78 is 4.98. The maximum Gasteiger partial charge on any atom is 0.340 e. The lowest BCUT2D eigenvalue weighted by Crippen LogP contribution is -2.42. The van der Waals surface area contributed by atoms with Gasteiger partial charge in [0.05, 0.1) is 17.9 Å². The Labute approximate surface area is 174 Å². The molecule has 1 aliphatic heterocycles. The molecule has 0 unspecified atom stereocenters. The first kappa shape index (κ1) is 21.0. The van der Waals surface area contributed by atoms with Crippen LogP contribution in [-0.4, -0.2) is 41.9 Å². The molecule has 1 aliphatic rings. The molecule has 30 heavy (non-hydrogen) atoms. The molecule has 1 heterocycles. The third kappa shape index (κ3) is 4.03. The van der Waals surface area contributed by atoms with Gasteiger partial charge in [0.1, 0.15) is 12.1 Å². The molecule has 0 saturated carbocycles. The molecule has 1 atom stereocenters. The molecule has 0 aliphatic carbocycles. The number of rotatable bonds is 6. The van der Waals surface area contributed by atoms with Crippen molar-refractivity contribution in [2.24, 2.45) is 0 Å². The lowest BCUT2D eigenvalue weighted by atomic mass is 9.91. The van der Waals surface area contributed by atoms with Gasteiger partial charge in [-0.2, -0.15) is 0 Å². The zero-order chi connectivity index (χ0) is 21.9. The van der Waals surface area contributed by atoms with Crippen molar-refractivity contribution in [1.29, 1.82) is 0 Å². The van der Waals surface area contributed by atoms with Crippen molar-refractivity contribution < 1.29 is 23.9 Å². The Morgan fingerprint density at radius 1 is 1.10 bits per heavy atom. The number of carbonyl (C=O) groups excluding carboxylic acids is 4. The number of anilines is 1. The monoisotopic (exact) mass is 409 g/mol. The lowest BCUT2D eigenvalue weighted by Gasteiger charge is -2.22. The molecule has 1 saturated heterocycles. The molecule has 0 radical (unpaired) electrons. The Bertz CT molecular complexity index is 1000. The molecule has 8 heteroatoms. The molecule has 2 aromatic rings. The van der Waals surface area contributed by atoms with E-state index >= 15 is 0 Å². The Balaban J connectivity index is 1.75. The Kier molecular flexibility index (Phi) is 5.86. The average Bonchev–Trinajstić information content (AvgIpc) is 2.93. The predicted molar refractivity (Wildman–Crippen MR) is 110 cm³/mol. The summed E-state index contributed by atoms with van der Waals surface area (Å²) in [5.74, 6) is -1.70. The van der Waals surface area contributed by atoms with Crippen molar-refractivity contribution in [2.75, 3.05) is 18.5 Å². The Morgan fingerprint density at radius 3 is 2.43 bits per heavy atom. The van der Waals surface area contributed by atoms with E-state index in [0.717, 1.165) is 10.5 Å². The van der Waals surface area contributed by atoms with Gasteiger partial charge < -0.3 is 15.4 Å². The standard InChI is InChI=1S/C22H23N3O5/c1-4-30-19(27)16-7-5-6-8-17(16)23-18(26)13-25-20(28)22(3,24-21(25)29)15-11-9-14(2)10-12-15/h5-12H,4,13H2,1-3H3,(H,23,26)(H,24,29)/t22-/m0/s1. The molecule has 4 amide bonds. The average molecular weight is 409 g/mol. The van der Waals surface area contributed by atoms with E-state index in [-0.39, 0.29) is 17.9 Å². The van der Waals surface area contributed by atoms with Gasteiger partial charge in [-0.3, -0.25) is 14.5 Å². The largest absolute Gasteiger partial charge is 0.462 e. The quantitative estimate of drug-likeness (QED) is 0.564. The van der Waals surface area contributed by atoms with Gasteiger partial charge in [0.25, 0.3) is 5.91 Å². The smallest absolute Gasteiger partial charge is 0.340 e. The highest BCUT2D eigenvalue weighted by Crippen LogP contribution is 2.29. The highest BCUT2D eigenvalue weighted by Gasteiger charge is 2.49. The first-order valence-electron chi connectivity index (χ1n) is 9.53. The van der Waals surface area contributed by atoms with E-state index in [2.05, 4.69) is 10.6 Å². The molecule has 1 fully saturated rings. The number of hydrogen-bond acceptors (Lipinski definition) is 5. The number of nitrogens with one attached hydrogen (secondary N) is 2. The van der Waals surface area contributed by atoms with Crippen LogP contribution in [0.25, 0.3) is 0 Å². The molecular weight excluding hydrogens is 386 g/mol. The topological polar surface area (TPSA) is 105 Å². The Morgan fingerprint density at radius 2 is 1.77 bits per heavy atom. The number of benzene rings is 2. The summed E-state index contributed by atoms with van der Waals surface area (Å²) in [6, 6.07) is 13.0. The number of urea groups is 1. The highest BCUT2D eigenvalue weighted by atomic mass is 16.5. The third-order valence-electron chi connectivity index (χ3n) is 4.90. The van der Waals surface area contributed by atoms with Crippen molar-refractivity contribution in [3.63, 3.8) is 0 Å². The number of aryl methyl sites for hydroxylation is 1. The van der Waals surface area contributed by atoms with Gasteiger partial charge in [0, 0.05) is 0 Å². The number of imide groups is 1. The first-order valence-corrected chi connectivity index (χ1v) is 9.53. The van der Waals surface area contributed by atoms with Crippen molar-refractivity contribution in [3.05, 3.63) is 65.2 Å². The second-order valence-electron chi connectivity index (χ2n) is 7.13. The molecule has 0 bridgehead atoms. The van der Waals surface area contributed by atoms with Crippen LogP contribution >= 0.6 is 0 Å². The van der Waals surface area contributed by atoms with E-state index in [1.54, 1.807) is 44.2 Å². The van der Waals surface area contributed by atoms with E-state index in [9.17, 15) is 19.2 Å². The van der Waals surface area contributed by atoms with Crippen molar-refractivity contribution >= 4 is 29.5 Å². The molecule has 0 aromatic heterocycles. The summed E-state index contributed by atoms with van der Waals surface area (Å²) in [6.45, 7) is 4.92. The van der Waals surface area contributed by atoms with Crippen LogP contribution < -0.4 is 10.6 Å². The number of para-hydroxylation sites is 1. The first-order chi connectivity index (χ1) is 14.3. The number of amides is 4. The molecule has 2 N–H and O–H groups in total. The van der Waals surface area contributed by atoms with Gasteiger partial charge in [0.15, 0.2) is 0 Å². The van der Waals surface area contributed by atoms with E-state index in [1.165, 1.54) is 6.07 Å². The highest BCUT2D eigenvalue weighted by molar-refractivity contribution is 6.10. The predicted octanol–water partition coefficient (Wildman–Crippen LogP) is 2.58. The van der Waals surface area contributed by atoms with E-state index in [4.69, 9.17) is 4.74 Å². The van der Waals surface area contributed by atoms with Crippen LogP contribution in [0.5, 0.6) is 0 Å². The van der Waals surface area contributed by atoms with Crippen LogP contribution in [0.15, 0.2) is 48.5 Å². The molecule has 0 spiro atoms. The van der Waals surface area contributed by atoms with Gasteiger partial charge in [-0.15, -0.1) is 0 Å². The van der Waals surface area contributed by atoms with Gasteiger partial charge in [0.2, 0.25) is 5.91 Å². The summed E-state index contributed by atoms with van der Waals surface area (Å²) in [4.78, 5) is 50.9. The zero-order valence-corrected chi connectivity index (χ0v) is 17.0. The number of esters is 1. The number of nitrogens with zero attached hydrogens (tertiary/aromatic N) is 1. The normalized spacial score (nSPS) is 18.2. The third-order valence-corrected chi connectivity index (χ3v) is 4.90. The van der Waals surface area contributed by atoms with Gasteiger partial charge in [-0.25, -0.2) is 9.59 Å². The van der Waals surface area contributed by atoms with Crippen molar-refractivity contribution in [3.8, 4) is 0 Å². The summed E-state index contributed by atoms with van der Waals surface area (Å²) in [5.41, 5.74) is 0.829. The summed E-state index contributed by atoms with van der Waals surface area (Å²) in [6.07, 6.45) is 0. The van der Waals surface area contributed by atoms with Crippen LogP contribution in [0.2, 0.25) is 0 Å². The van der Waals surface area contributed by atoms with Crippen LogP contribution in [0.4, 0.5) is 10.5 Å². The minimum atomic E-state index is -1.26. The zero-order valence-electron chi connectivity index (χ0n) is 17.0. The fraction of sp³-hybridized carbons (Fsp3) is 0.273.